The van der Waals surface area contributed by atoms with E-state index in [0.717, 1.165) is 36.1 Å². The Morgan fingerprint density at radius 1 is 0.941 bits per heavy atom. The summed E-state index contributed by atoms with van der Waals surface area (Å²) in [5.74, 6) is 1.49. The molecule has 3 heterocycles. The number of aromatic carboxylic acids is 1. The van der Waals surface area contributed by atoms with Crippen LogP contribution in [0.15, 0.2) is 29.1 Å². The molecule has 6 rings (SSSR count). The molecule has 1 aromatic heterocycles. The second-order valence-corrected chi connectivity index (χ2v) is 11.6. The minimum Gasteiger partial charge on any atom is -0.476 e. The van der Waals surface area contributed by atoms with E-state index in [-0.39, 0.29) is 11.7 Å². The van der Waals surface area contributed by atoms with E-state index in [1.807, 2.05) is 24.3 Å². The van der Waals surface area contributed by atoms with Gasteiger partial charge in [-0.3, -0.25) is 9.69 Å². The van der Waals surface area contributed by atoms with E-state index in [2.05, 4.69) is 16.8 Å². The van der Waals surface area contributed by atoms with Crippen LogP contribution in [0.2, 0.25) is 0 Å². The summed E-state index contributed by atoms with van der Waals surface area (Å²) >= 11 is 0. The Hall–Kier alpha value is -2.21. The SMILES string of the molecule is CCC1C[C@@H]2CC(N3[C@@H]4CCC[C@H]3CC(n3c(=O)c(C(=O)O)nc5ccccc53)C4)C[C@H](C1)C2. The van der Waals surface area contributed by atoms with Gasteiger partial charge in [0.2, 0.25) is 5.69 Å². The van der Waals surface area contributed by atoms with E-state index < -0.39 is 11.5 Å². The lowest BCUT2D eigenvalue weighted by Gasteiger charge is -2.56. The topological polar surface area (TPSA) is 75.4 Å². The number of carboxylic acid groups (broad SMARTS) is 1. The van der Waals surface area contributed by atoms with E-state index in [1.54, 1.807) is 4.57 Å². The number of aromatic nitrogens is 2. The molecule has 0 spiro atoms. The maximum absolute atomic E-state index is 13.3. The molecule has 6 heteroatoms. The van der Waals surface area contributed by atoms with Crippen molar-refractivity contribution in [2.24, 2.45) is 17.8 Å². The molecular formula is C28H37N3O3. The fourth-order valence-corrected chi connectivity index (χ4v) is 8.38. The minimum atomic E-state index is -1.23. The van der Waals surface area contributed by atoms with Crippen LogP contribution in [-0.4, -0.2) is 43.7 Å². The highest BCUT2D eigenvalue weighted by molar-refractivity contribution is 5.88. The largest absolute Gasteiger partial charge is 0.476 e. The van der Waals surface area contributed by atoms with Gasteiger partial charge in [-0.15, -0.1) is 0 Å². The maximum atomic E-state index is 13.3. The van der Waals surface area contributed by atoms with Gasteiger partial charge in [0.1, 0.15) is 0 Å². The standard InChI is InChI=1S/C28H37N3O3/c1-2-17-10-18-12-19(11-17)14-22(13-18)30-20-6-5-7-21(30)16-23(15-20)31-25-9-4-3-8-24(25)29-26(27(31)32)28(33)34/h3-4,8-9,17-23H,2,5-7,10-16H2,1H3,(H,33,34)/t17?,18-,19+,20-,21+,22?,23?. The monoisotopic (exact) mass is 463 g/mol. The second-order valence-electron chi connectivity index (χ2n) is 11.6. The van der Waals surface area contributed by atoms with Crippen molar-refractivity contribution in [3.05, 3.63) is 40.3 Å². The lowest BCUT2D eigenvalue weighted by atomic mass is 9.64. The van der Waals surface area contributed by atoms with E-state index >= 15 is 0 Å². The minimum absolute atomic E-state index is 0.0395. The van der Waals surface area contributed by atoms with Gasteiger partial charge < -0.3 is 9.67 Å². The number of hydrogen-bond acceptors (Lipinski definition) is 4. The van der Waals surface area contributed by atoms with Crippen LogP contribution in [0.3, 0.4) is 0 Å². The third-order valence-electron chi connectivity index (χ3n) is 9.58. The molecule has 0 amide bonds. The summed E-state index contributed by atoms with van der Waals surface area (Å²) in [6.45, 7) is 2.36. The Kier molecular flexibility index (Phi) is 5.75. The zero-order valence-corrected chi connectivity index (χ0v) is 20.2. The van der Waals surface area contributed by atoms with Crippen LogP contribution in [0, 0.1) is 17.8 Å². The fraction of sp³-hybridized carbons (Fsp3) is 0.679. The first kappa shape index (κ1) is 22.3. The predicted octanol–water partition coefficient (Wildman–Crippen LogP) is 5.26. The van der Waals surface area contributed by atoms with Crippen LogP contribution in [0.4, 0.5) is 0 Å². The van der Waals surface area contributed by atoms with E-state index in [9.17, 15) is 14.7 Å². The van der Waals surface area contributed by atoms with E-state index in [4.69, 9.17) is 0 Å². The number of carbonyl (C=O) groups is 1. The molecule has 6 nitrogen and oxygen atoms in total. The highest BCUT2D eigenvalue weighted by atomic mass is 16.4. The Morgan fingerprint density at radius 2 is 1.62 bits per heavy atom. The number of piperidine rings is 2. The quantitative estimate of drug-likeness (QED) is 0.670. The van der Waals surface area contributed by atoms with Gasteiger partial charge in [0.15, 0.2) is 0 Å². The van der Waals surface area contributed by atoms with Crippen molar-refractivity contribution < 1.29 is 9.90 Å². The summed E-state index contributed by atoms with van der Waals surface area (Å²) in [7, 11) is 0. The number of fused-ring (bicyclic) bond motifs is 5. The van der Waals surface area contributed by atoms with Crippen LogP contribution < -0.4 is 5.56 Å². The van der Waals surface area contributed by atoms with Crippen LogP contribution in [0.25, 0.3) is 11.0 Å². The van der Waals surface area contributed by atoms with Gasteiger partial charge in [-0.1, -0.05) is 31.9 Å². The summed E-state index contributed by atoms with van der Waals surface area (Å²) in [4.78, 5) is 32.2. The lowest BCUT2D eigenvalue weighted by molar-refractivity contribution is -0.0534. The van der Waals surface area contributed by atoms with Gasteiger partial charge in [-0.25, -0.2) is 9.78 Å². The van der Waals surface area contributed by atoms with Gasteiger partial charge in [0.25, 0.3) is 5.56 Å². The van der Waals surface area contributed by atoms with Crippen molar-refractivity contribution in [2.75, 3.05) is 0 Å². The van der Waals surface area contributed by atoms with Crippen molar-refractivity contribution in [3.63, 3.8) is 0 Å². The fourth-order valence-electron chi connectivity index (χ4n) is 8.38. The number of nitrogens with zero attached hydrogens (tertiary/aromatic N) is 3. The molecule has 4 fully saturated rings. The molecule has 182 valence electrons. The molecule has 7 atom stereocenters. The molecule has 2 saturated carbocycles. The van der Waals surface area contributed by atoms with Gasteiger partial charge in [0, 0.05) is 24.2 Å². The van der Waals surface area contributed by atoms with Gasteiger partial charge >= 0.3 is 5.97 Å². The number of benzene rings is 1. The third kappa shape index (κ3) is 3.78. The molecule has 4 bridgehead atoms. The first-order valence-electron chi connectivity index (χ1n) is 13.5. The summed E-state index contributed by atoms with van der Waals surface area (Å²) in [6, 6.07) is 9.24. The van der Waals surface area contributed by atoms with Crippen molar-refractivity contribution in [3.8, 4) is 0 Å². The number of carboxylic acids is 1. The molecule has 1 N–H and O–H groups in total. The van der Waals surface area contributed by atoms with Crippen molar-refractivity contribution in [1.29, 1.82) is 0 Å². The van der Waals surface area contributed by atoms with Crippen LogP contribution in [0.1, 0.15) is 94.1 Å². The van der Waals surface area contributed by atoms with Crippen LogP contribution in [-0.2, 0) is 0 Å². The Bertz CT molecular complexity index is 1120. The molecule has 2 aromatic rings. The Labute approximate surface area is 201 Å². The molecule has 2 aliphatic carbocycles. The van der Waals surface area contributed by atoms with E-state index in [0.29, 0.717) is 23.6 Å². The van der Waals surface area contributed by atoms with Crippen molar-refractivity contribution >= 4 is 17.0 Å². The molecule has 0 radical (unpaired) electrons. The molecule has 3 unspecified atom stereocenters. The summed E-state index contributed by atoms with van der Waals surface area (Å²) in [5, 5.41) is 9.65. The van der Waals surface area contributed by atoms with E-state index in [1.165, 1.54) is 57.8 Å². The van der Waals surface area contributed by atoms with Gasteiger partial charge in [-0.05, 0) is 87.7 Å². The Balaban J connectivity index is 1.31. The number of hydrogen-bond donors (Lipinski definition) is 1. The first-order chi connectivity index (χ1) is 16.5. The normalized spacial score (nSPS) is 35.9. The van der Waals surface area contributed by atoms with Gasteiger partial charge in [-0.2, -0.15) is 0 Å². The smallest absolute Gasteiger partial charge is 0.360 e. The molecule has 4 aliphatic rings. The Morgan fingerprint density at radius 3 is 2.26 bits per heavy atom. The molecular weight excluding hydrogens is 426 g/mol. The number of rotatable bonds is 4. The second kappa shape index (κ2) is 8.78. The van der Waals surface area contributed by atoms with Crippen molar-refractivity contribution in [1.82, 2.24) is 14.5 Å². The summed E-state index contributed by atoms with van der Waals surface area (Å²) < 4.78 is 1.79. The highest BCUT2D eigenvalue weighted by Gasteiger charge is 2.46. The molecule has 1 aromatic carbocycles. The number of para-hydroxylation sites is 2. The zero-order valence-electron chi connectivity index (χ0n) is 20.2. The zero-order chi connectivity index (χ0) is 23.4. The van der Waals surface area contributed by atoms with Crippen molar-refractivity contribution in [2.45, 2.75) is 102 Å². The third-order valence-corrected chi connectivity index (χ3v) is 9.58. The average Bonchev–Trinajstić information content (AvgIpc) is 2.82. The average molecular weight is 464 g/mol. The summed E-state index contributed by atoms with van der Waals surface area (Å²) in [6.07, 6.45) is 13.9. The molecule has 2 saturated heterocycles. The molecule has 2 aliphatic heterocycles. The molecule has 34 heavy (non-hydrogen) atoms. The summed E-state index contributed by atoms with van der Waals surface area (Å²) in [5.41, 5.74) is 0.571. The lowest BCUT2D eigenvalue weighted by Crippen LogP contribution is -2.59. The van der Waals surface area contributed by atoms with Crippen LogP contribution in [0.5, 0.6) is 0 Å². The predicted molar refractivity (Wildman–Crippen MR) is 132 cm³/mol. The maximum Gasteiger partial charge on any atom is 0.360 e. The first-order valence-corrected chi connectivity index (χ1v) is 13.5. The highest BCUT2D eigenvalue weighted by Crippen LogP contribution is 2.49. The van der Waals surface area contributed by atoms with Crippen LogP contribution >= 0.6 is 0 Å². The van der Waals surface area contributed by atoms with Gasteiger partial charge in [0.05, 0.1) is 11.0 Å².